The van der Waals surface area contributed by atoms with Gasteiger partial charge in [0.1, 0.15) is 5.01 Å². The van der Waals surface area contributed by atoms with Crippen LogP contribution in [0, 0.1) is 0 Å². The number of nitrogens with one attached hydrogen (secondary N) is 2. The first-order valence-corrected chi connectivity index (χ1v) is 11.1. The molecule has 4 rings (SSSR count). The number of amides is 3. The zero-order valence-electron chi connectivity index (χ0n) is 16.9. The van der Waals surface area contributed by atoms with E-state index >= 15 is 0 Å². The van der Waals surface area contributed by atoms with Crippen molar-refractivity contribution in [1.29, 1.82) is 0 Å². The largest absolute Gasteiger partial charge is 0.418 e. The lowest BCUT2D eigenvalue weighted by molar-refractivity contribution is -0.136. The molecule has 2 N–H and O–H groups in total. The summed E-state index contributed by atoms with van der Waals surface area (Å²) in [5, 5.41) is 14.0. The van der Waals surface area contributed by atoms with Crippen LogP contribution in [0.25, 0.3) is 0 Å². The highest BCUT2D eigenvalue weighted by Gasteiger charge is 2.36. The van der Waals surface area contributed by atoms with Crippen molar-refractivity contribution in [3.8, 4) is 0 Å². The van der Waals surface area contributed by atoms with Gasteiger partial charge in [0.25, 0.3) is 5.91 Å². The van der Waals surface area contributed by atoms with Crippen molar-refractivity contribution < 1.29 is 22.8 Å². The molecule has 1 atom stereocenters. The maximum Gasteiger partial charge on any atom is 0.418 e. The highest BCUT2D eigenvalue weighted by Crippen LogP contribution is 2.37. The summed E-state index contributed by atoms with van der Waals surface area (Å²) in [7, 11) is 0. The van der Waals surface area contributed by atoms with Gasteiger partial charge in [-0.05, 0) is 43.2 Å². The molecule has 1 aliphatic heterocycles. The van der Waals surface area contributed by atoms with Gasteiger partial charge in [0.2, 0.25) is 5.01 Å². The molecule has 0 bridgehead atoms. The number of alkyl halides is 3. The molecule has 1 fully saturated rings. The smallest absolute Gasteiger partial charge is 0.320 e. The number of benzene rings is 2. The van der Waals surface area contributed by atoms with Crippen LogP contribution >= 0.6 is 22.9 Å². The van der Waals surface area contributed by atoms with Gasteiger partial charge >= 0.3 is 12.2 Å². The molecule has 0 radical (unpaired) electrons. The van der Waals surface area contributed by atoms with E-state index in [0.717, 1.165) is 17.4 Å². The minimum atomic E-state index is -4.60. The molecule has 1 saturated heterocycles. The highest BCUT2D eigenvalue weighted by molar-refractivity contribution is 7.13. The highest BCUT2D eigenvalue weighted by atomic mass is 35.5. The van der Waals surface area contributed by atoms with Crippen molar-refractivity contribution in [3.63, 3.8) is 0 Å². The van der Waals surface area contributed by atoms with Gasteiger partial charge in [-0.2, -0.15) is 13.2 Å². The molecular weight excluding hydrogens is 479 g/mol. The van der Waals surface area contributed by atoms with Gasteiger partial charge in [-0.3, -0.25) is 4.79 Å². The molecular formula is C21H17ClF3N5O2S. The molecule has 0 unspecified atom stereocenters. The number of urea groups is 1. The zero-order chi connectivity index (χ0) is 23.6. The van der Waals surface area contributed by atoms with Gasteiger partial charge in [0.15, 0.2) is 0 Å². The Balaban J connectivity index is 1.47. The first kappa shape index (κ1) is 23.0. The number of nitrogens with zero attached hydrogens (tertiary/aromatic N) is 3. The molecule has 172 valence electrons. The van der Waals surface area contributed by atoms with E-state index in [4.69, 9.17) is 11.6 Å². The van der Waals surface area contributed by atoms with Crippen LogP contribution in [0.3, 0.4) is 0 Å². The quantitative estimate of drug-likeness (QED) is 0.476. The van der Waals surface area contributed by atoms with E-state index in [0.29, 0.717) is 35.1 Å². The Kier molecular flexibility index (Phi) is 6.52. The number of carbonyl (C=O) groups is 2. The summed E-state index contributed by atoms with van der Waals surface area (Å²) in [6.45, 7) is 0.342. The number of halogens is 4. The van der Waals surface area contributed by atoms with Gasteiger partial charge < -0.3 is 15.5 Å². The molecule has 33 heavy (non-hydrogen) atoms. The Bertz CT molecular complexity index is 1190. The monoisotopic (exact) mass is 495 g/mol. The molecule has 1 aliphatic rings. The number of likely N-dealkylation sites (tertiary alicyclic amines) is 1. The van der Waals surface area contributed by atoms with Crippen LogP contribution < -0.4 is 10.6 Å². The molecule has 2 heterocycles. The SMILES string of the molecule is O=C(Nc1cccc(Cl)c1)c1nnc([C@@H]2CCCN2C(=O)Nc2ccccc2C(F)(F)F)s1. The van der Waals surface area contributed by atoms with E-state index in [1.165, 1.54) is 23.1 Å². The fourth-order valence-corrected chi connectivity index (χ4v) is 4.58. The van der Waals surface area contributed by atoms with Gasteiger partial charge in [-0.15, -0.1) is 10.2 Å². The average Bonchev–Trinajstić information content (AvgIpc) is 3.43. The molecule has 3 aromatic rings. The number of rotatable bonds is 4. The number of hydrogen-bond acceptors (Lipinski definition) is 5. The predicted octanol–water partition coefficient (Wildman–Crippen LogP) is 5.83. The van der Waals surface area contributed by atoms with Gasteiger partial charge in [-0.1, -0.05) is 41.1 Å². The summed E-state index contributed by atoms with van der Waals surface area (Å²) in [4.78, 5) is 26.7. The van der Waals surface area contributed by atoms with Crippen molar-refractivity contribution in [2.75, 3.05) is 17.2 Å². The minimum Gasteiger partial charge on any atom is -0.320 e. The van der Waals surface area contributed by atoms with Gasteiger partial charge in [-0.25, -0.2) is 4.79 Å². The van der Waals surface area contributed by atoms with Crippen molar-refractivity contribution in [1.82, 2.24) is 15.1 Å². The lowest BCUT2D eigenvalue weighted by Gasteiger charge is -2.24. The topological polar surface area (TPSA) is 87.2 Å². The third kappa shape index (κ3) is 5.25. The normalized spacial score (nSPS) is 16.0. The molecule has 1 aromatic heterocycles. The van der Waals surface area contributed by atoms with Crippen LogP contribution in [0.5, 0.6) is 0 Å². The maximum absolute atomic E-state index is 13.2. The van der Waals surface area contributed by atoms with E-state index in [1.54, 1.807) is 24.3 Å². The van der Waals surface area contributed by atoms with E-state index in [9.17, 15) is 22.8 Å². The molecule has 12 heteroatoms. The number of anilines is 2. The number of para-hydroxylation sites is 1. The van der Waals surface area contributed by atoms with Crippen molar-refractivity contribution in [2.24, 2.45) is 0 Å². The third-order valence-electron chi connectivity index (χ3n) is 4.99. The van der Waals surface area contributed by atoms with Gasteiger partial charge in [0.05, 0.1) is 17.3 Å². The Morgan fingerprint density at radius 1 is 1.09 bits per heavy atom. The Morgan fingerprint density at radius 3 is 2.64 bits per heavy atom. The van der Waals surface area contributed by atoms with Crippen molar-refractivity contribution in [2.45, 2.75) is 25.1 Å². The number of hydrogen-bond donors (Lipinski definition) is 2. The second-order valence-corrected chi connectivity index (χ2v) is 8.68. The van der Waals surface area contributed by atoms with Crippen LogP contribution in [-0.4, -0.2) is 33.6 Å². The maximum atomic E-state index is 13.2. The summed E-state index contributed by atoms with van der Waals surface area (Å²) in [5.74, 6) is -0.478. The summed E-state index contributed by atoms with van der Waals surface area (Å²) < 4.78 is 39.7. The van der Waals surface area contributed by atoms with E-state index in [-0.39, 0.29) is 10.7 Å². The van der Waals surface area contributed by atoms with Gasteiger partial charge in [0, 0.05) is 17.3 Å². The first-order chi connectivity index (χ1) is 15.7. The van der Waals surface area contributed by atoms with Crippen LogP contribution in [0.2, 0.25) is 5.02 Å². The Morgan fingerprint density at radius 2 is 1.88 bits per heavy atom. The summed E-state index contributed by atoms with van der Waals surface area (Å²) >= 11 is 6.95. The molecule has 0 spiro atoms. The predicted molar refractivity (Wildman–Crippen MR) is 118 cm³/mol. The molecule has 3 amide bonds. The molecule has 0 saturated carbocycles. The summed E-state index contributed by atoms with van der Waals surface area (Å²) in [5.41, 5.74) is -0.751. The summed E-state index contributed by atoms with van der Waals surface area (Å²) in [6, 6.07) is 10.2. The van der Waals surface area contributed by atoms with Crippen LogP contribution in [0.15, 0.2) is 48.5 Å². The lowest BCUT2D eigenvalue weighted by Crippen LogP contribution is -2.35. The Labute approximate surface area is 195 Å². The van der Waals surface area contributed by atoms with Crippen molar-refractivity contribution in [3.05, 3.63) is 69.1 Å². The van der Waals surface area contributed by atoms with Crippen LogP contribution in [0.1, 0.15) is 39.3 Å². The molecule has 0 aliphatic carbocycles. The molecule has 2 aromatic carbocycles. The minimum absolute atomic E-state index is 0.0969. The fraction of sp³-hybridized carbons (Fsp3) is 0.238. The van der Waals surface area contributed by atoms with E-state index in [1.807, 2.05) is 0 Å². The number of carbonyl (C=O) groups excluding carboxylic acids is 2. The third-order valence-corrected chi connectivity index (χ3v) is 6.25. The van der Waals surface area contributed by atoms with Crippen LogP contribution in [-0.2, 0) is 6.18 Å². The van der Waals surface area contributed by atoms with Crippen molar-refractivity contribution >= 4 is 46.3 Å². The van der Waals surface area contributed by atoms with E-state index in [2.05, 4.69) is 20.8 Å². The zero-order valence-corrected chi connectivity index (χ0v) is 18.5. The number of aromatic nitrogens is 2. The first-order valence-electron chi connectivity index (χ1n) is 9.86. The second kappa shape index (κ2) is 9.36. The second-order valence-electron chi connectivity index (χ2n) is 7.23. The van der Waals surface area contributed by atoms with E-state index < -0.39 is 29.7 Å². The standard InChI is InChI=1S/C21H17ClF3N5O2S/c22-12-5-3-6-13(11-12)26-17(31)19-29-28-18(33-19)16-9-4-10-30(16)20(32)27-15-8-2-1-7-14(15)21(23,24)25/h1-3,5-8,11,16H,4,9-10H2,(H,26,31)(H,27,32)/t16-/m0/s1. The summed E-state index contributed by atoms with van der Waals surface area (Å²) in [6.07, 6.45) is -3.40. The Hall–Kier alpha value is -3.18. The average molecular weight is 496 g/mol. The lowest BCUT2D eigenvalue weighted by atomic mass is 10.1. The molecule has 7 nitrogen and oxygen atoms in total. The van der Waals surface area contributed by atoms with Crippen LogP contribution in [0.4, 0.5) is 29.3 Å². The fourth-order valence-electron chi connectivity index (χ4n) is 3.50.